The molecular formula is C33H56N4O4. The van der Waals surface area contributed by atoms with Crippen LogP contribution in [0.5, 0.6) is 0 Å². The van der Waals surface area contributed by atoms with E-state index in [-0.39, 0.29) is 52.9 Å². The average molecular weight is 573 g/mol. The Labute approximate surface area is 247 Å². The second-order valence-electron chi connectivity index (χ2n) is 14.9. The fraction of sp³-hybridized carbons (Fsp3) is 0.879. The normalized spacial score (nSPS) is 37.7. The molecule has 4 rings (SSSR count). The highest BCUT2D eigenvalue weighted by Crippen LogP contribution is 2.67. The third-order valence-electron chi connectivity index (χ3n) is 12.3. The number of hydrogen-bond donors (Lipinski definition) is 3. The standard InChI is InChI=1S/C33H56N4O4/c1-19(2)29(34)28(39)17-21(7-6-16-37-31(35)36)30(40)41-23-12-14-32(4)22(18-23)8-9-24-26-11-10-25(20(3)38)33(26,5)15-13-27(24)32/h19,21-27,29H,6-18,34H2,1-5H3,(H4,35,36,37)/t21-,22+,23-,24+,25-,26+,27+,29+,32+,33-/m1/s1. The highest BCUT2D eigenvalue weighted by atomic mass is 16.5. The number of rotatable bonds is 11. The number of ketones is 2. The molecule has 0 aromatic heterocycles. The number of aliphatic imine (C=N–C) groups is 1. The van der Waals surface area contributed by atoms with Gasteiger partial charge in [-0.3, -0.25) is 19.4 Å². The Balaban J connectivity index is 1.39. The molecule has 41 heavy (non-hydrogen) atoms. The Morgan fingerprint density at radius 1 is 0.951 bits per heavy atom. The number of esters is 1. The summed E-state index contributed by atoms with van der Waals surface area (Å²) in [5.74, 6) is 2.37. The topological polar surface area (TPSA) is 151 Å². The van der Waals surface area contributed by atoms with Gasteiger partial charge < -0.3 is 21.9 Å². The summed E-state index contributed by atoms with van der Waals surface area (Å²) in [4.78, 5) is 42.8. The Hall–Kier alpha value is -1.96. The van der Waals surface area contributed by atoms with Crippen LogP contribution in [0.15, 0.2) is 4.99 Å². The second kappa shape index (κ2) is 12.7. The molecule has 4 aliphatic carbocycles. The summed E-state index contributed by atoms with van der Waals surface area (Å²) in [6.45, 7) is 11.0. The van der Waals surface area contributed by atoms with Crippen LogP contribution < -0.4 is 17.2 Å². The van der Waals surface area contributed by atoms with Crippen molar-refractivity contribution < 1.29 is 19.1 Å². The number of guanidine groups is 1. The molecule has 0 bridgehead atoms. The van der Waals surface area contributed by atoms with Gasteiger partial charge in [0.15, 0.2) is 11.7 Å². The van der Waals surface area contributed by atoms with E-state index in [0.717, 1.165) is 32.1 Å². The van der Waals surface area contributed by atoms with Crippen LogP contribution in [0.4, 0.5) is 0 Å². The first-order valence-electron chi connectivity index (χ1n) is 16.3. The van der Waals surface area contributed by atoms with Crippen molar-refractivity contribution in [2.75, 3.05) is 6.54 Å². The number of carbonyl (C=O) groups is 3. The third kappa shape index (κ3) is 6.52. The van der Waals surface area contributed by atoms with Crippen molar-refractivity contribution in [3.05, 3.63) is 0 Å². The molecule has 0 heterocycles. The molecule has 0 aliphatic heterocycles. The van der Waals surface area contributed by atoms with Crippen molar-refractivity contribution >= 4 is 23.5 Å². The van der Waals surface area contributed by atoms with Gasteiger partial charge in [0.05, 0.1) is 12.0 Å². The van der Waals surface area contributed by atoms with Crippen molar-refractivity contribution in [1.29, 1.82) is 0 Å². The van der Waals surface area contributed by atoms with Crippen LogP contribution in [-0.2, 0) is 19.1 Å². The molecule has 0 spiro atoms. The van der Waals surface area contributed by atoms with E-state index in [4.69, 9.17) is 21.9 Å². The van der Waals surface area contributed by atoms with E-state index in [2.05, 4.69) is 18.8 Å². The molecule has 4 saturated carbocycles. The molecule has 10 atom stereocenters. The fourth-order valence-corrected chi connectivity index (χ4v) is 9.85. The Kier molecular flexibility index (Phi) is 9.92. The van der Waals surface area contributed by atoms with Crippen molar-refractivity contribution in [3.63, 3.8) is 0 Å². The highest BCUT2D eigenvalue weighted by Gasteiger charge is 2.61. The maximum Gasteiger partial charge on any atom is 0.309 e. The minimum absolute atomic E-state index is 0.0159. The smallest absolute Gasteiger partial charge is 0.309 e. The van der Waals surface area contributed by atoms with Gasteiger partial charge in [0.25, 0.3) is 0 Å². The minimum Gasteiger partial charge on any atom is -0.462 e. The van der Waals surface area contributed by atoms with Gasteiger partial charge in [-0.2, -0.15) is 0 Å². The van der Waals surface area contributed by atoms with Gasteiger partial charge in [-0.05, 0) is 118 Å². The molecule has 0 aromatic carbocycles. The molecule has 0 saturated heterocycles. The second-order valence-corrected chi connectivity index (χ2v) is 14.9. The van der Waals surface area contributed by atoms with Crippen LogP contribution in [0.2, 0.25) is 0 Å². The predicted octanol–water partition coefficient (Wildman–Crippen LogP) is 4.76. The van der Waals surface area contributed by atoms with Crippen LogP contribution >= 0.6 is 0 Å². The number of Topliss-reactive ketones (excluding diaryl/α,β-unsaturated/α-hetero) is 2. The van der Waals surface area contributed by atoms with Crippen LogP contribution in [0.3, 0.4) is 0 Å². The van der Waals surface area contributed by atoms with E-state index >= 15 is 0 Å². The Morgan fingerprint density at radius 3 is 2.29 bits per heavy atom. The largest absolute Gasteiger partial charge is 0.462 e. The lowest BCUT2D eigenvalue weighted by atomic mass is 9.44. The number of nitrogens with zero attached hydrogens (tertiary/aromatic N) is 1. The summed E-state index contributed by atoms with van der Waals surface area (Å²) in [7, 11) is 0. The molecule has 0 amide bonds. The van der Waals surface area contributed by atoms with Crippen LogP contribution in [0.1, 0.15) is 112 Å². The van der Waals surface area contributed by atoms with Gasteiger partial charge in [-0.25, -0.2) is 0 Å². The predicted molar refractivity (Wildman–Crippen MR) is 162 cm³/mol. The minimum atomic E-state index is -0.587. The van der Waals surface area contributed by atoms with Gasteiger partial charge in [-0.1, -0.05) is 27.7 Å². The molecule has 8 heteroatoms. The zero-order chi connectivity index (χ0) is 30.1. The Bertz CT molecular complexity index is 1010. The molecule has 4 fully saturated rings. The third-order valence-corrected chi connectivity index (χ3v) is 12.3. The molecule has 232 valence electrons. The maximum atomic E-state index is 13.5. The summed E-state index contributed by atoms with van der Waals surface area (Å²) in [6.07, 6.45) is 11.0. The van der Waals surface area contributed by atoms with E-state index in [1.165, 1.54) is 25.7 Å². The van der Waals surface area contributed by atoms with Crippen molar-refractivity contribution in [3.8, 4) is 0 Å². The summed E-state index contributed by atoms with van der Waals surface area (Å²) < 4.78 is 6.17. The summed E-state index contributed by atoms with van der Waals surface area (Å²) in [6, 6.07) is -0.587. The van der Waals surface area contributed by atoms with Gasteiger partial charge in [0.1, 0.15) is 11.9 Å². The molecule has 0 unspecified atom stereocenters. The van der Waals surface area contributed by atoms with Crippen molar-refractivity contribution in [2.45, 2.75) is 124 Å². The lowest BCUT2D eigenvalue weighted by Crippen LogP contribution is -2.54. The summed E-state index contributed by atoms with van der Waals surface area (Å²) in [5, 5.41) is 0. The number of hydrogen-bond acceptors (Lipinski definition) is 6. The van der Waals surface area contributed by atoms with Gasteiger partial charge in [0, 0.05) is 18.9 Å². The zero-order valence-corrected chi connectivity index (χ0v) is 26.2. The molecule has 4 aliphatic rings. The van der Waals surface area contributed by atoms with Crippen molar-refractivity contribution in [1.82, 2.24) is 0 Å². The van der Waals surface area contributed by atoms with Gasteiger partial charge >= 0.3 is 5.97 Å². The van der Waals surface area contributed by atoms with Crippen molar-refractivity contribution in [2.24, 2.45) is 74.4 Å². The number of ether oxygens (including phenoxy) is 1. The van der Waals surface area contributed by atoms with Gasteiger partial charge in [0.2, 0.25) is 0 Å². The average Bonchev–Trinajstić information content (AvgIpc) is 3.27. The first-order chi connectivity index (χ1) is 19.3. The zero-order valence-electron chi connectivity index (χ0n) is 26.2. The van der Waals surface area contributed by atoms with Crippen LogP contribution in [-0.4, -0.2) is 42.2 Å². The molecule has 6 N–H and O–H groups in total. The van der Waals surface area contributed by atoms with Crippen LogP contribution in [0.25, 0.3) is 0 Å². The fourth-order valence-electron chi connectivity index (χ4n) is 9.85. The summed E-state index contributed by atoms with van der Waals surface area (Å²) in [5.41, 5.74) is 17.5. The molecule has 0 radical (unpaired) electrons. The lowest BCUT2D eigenvalue weighted by Gasteiger charge is -2.61. The summed E-state index contributed by atoms with van der Waals surface area (Å²) >= 11 is 0. The van der Waals surface area contributed by atoms with E-state index in [1.54, 1.807) is 6.92 Å². The molecule has 0 aromatic rings. The number of carbonyl (C=O) groups excluding carboxylic acids is 3. The monoisotopic (exact) mass is 572 g/mol. The lowest BCUT2D eigenvalue weighted by molar-refractivity contribution is -0.168. The van der Waals surface area contributed by atoms with E-state index in [0.29, 0.717) is 48.8 Å². The molecular weight excluding hydrogens is 516 g/mol. The van der Waals surface area contributed by atoms with E-state index in [9.17, 15) is 14.4 Å². The maximum absolute atomic E-state index is 13.5. The quantitative estimate of drug-likeness (QED) is 0.140. The Morgan fingerprint density at radius 2 is 1.63 bits per heavy atom. The van der Waals surface area contributed by atoms with Gasteiger partial charge in [-0.15, -0.1) is 0 Å². The first-order valence-corrected chi connectivity index (χ1v) is 16.3. The number of fused-ring (bicyclic) bond motifs is 5. The first kappa shape index (κ1) is 32.0. The highest BCUT2D eigenvalue weighted by molar-refractivity contribution is 5.88. The van der Waals surface area contributed by atoms with Crippen LogP contribution in [0, 0.1) is 52.3 Å². The number of nitrogens with two attached hydrogens (primary N) is 3. The molecule has 8 nitrogen and oxygen atoms in total. The van der Waals surface area contributed by atoms with E-state index < -0.39 is 12.0 Å². The van der Waals surface area contributed by atoms with E-state index in [1.807, 2.05) is 13.8 Å². The SMILES string of the molecule is CC(=O)[C@H]1CC[C@H]2[C@@H]3CC[C@H]4C[C@H](OC(=O)[C@H](CCCN=C(N)N)CC(=O)[C@@H](N)C(C)C)CC[C@]4(C)[C@H]3CC[C@]12C.